The molecule has 0 aliphatic rings. The fourth-order valence-electron chi connectivity index (χ4n) is 0.885. The van der Waals surface area contributed by atoms with Crippen molar-refractivity contribution in [2.24, 2.45) is 5.73 Å². The van der Waals surface area contributed by atoms with Gasteiger partial charge in [0, 0.05) is 13.2 Å². The van der Waals surface area contributed by atoms with Gasteiger partial charge in [-0.3, -0.25) is 10.2 Å². The zero-order chi connectivity index (χ0) is 13.5. The van der Waals surface area contributed by atoms with Crippen molar-refractivity contribution in [3.05, 3.63) is 12.7 Å². The first-order chi connectivity index (χ1) is 8.15. The molecule has 0 aromatic carbocycles. The lowest BCUT2D eigenvalue weighted by molar-refractivity contribution is -0.147. The molecule has 0 fully saturated rings. The quantitative estimate of drug-likeness (QED) is 0.245. The summed E-state index contributed by atoms with van der Waals surface area (Å²) >= 11 is 0. The summed E-state index contributed by atoms with van der Waals surface area (Å²) in [5.41, 5.74) is 10.4. The monoisotopic (exact) mass is 247 g/mol. The van der Waals surface area contributed by atoms with Crippen LogP contribution in [0.4, 0.5) is 0 Å². The second-order valence-electron chi connectivity index (χ2n) is 2.87. The third-order valence-corrected chi connectivity index (χ3v) is 1.50. The zero-order valence-electron chi connectivity index (χ0n) is 11.0. The predicted molar refractivity (Wildman–Crippen MR) is 68.1 cm³/mol. The van der Waals surface area contributed by atoms with Crippen molar-refractivity contribution in [2.45, 2.75) is 26.5 Å². The fraction of sp³-hybridized carbons (Fsp3) is 0.727. The highest BCUT2D eigenvalue weighted by Crippen LogP contribution is 1.96. The van der Waals surface area contributed by atoms with E-state index in [9.17, 15) is 4.79 Å². The standard InChI is InChI=1S/C8H18N2O3.C3H7N/c1-4-12-7(10-9-3)6-8(11)13-5-2;1-2-3-4/h7,9-10H,4-6H2,1-3H3;2H,1,3-4H2. The number of carbonyl (C=O) groups excluding carboxylic acids is 1. The highest BCUT2D eigenvalue weighted by molar-refractivity contribution is 5.69. The van der Waals surface area contributed by atoms with Gasteiger partial charge in [0.25, 0.3) is 0 Å². The summed E-state index contributed by atoms with van der Waals surface area (Å²) in [7, 11) is 1.72. The Kier molecular flexibility index (Phi) is 16.3. The molecule has 6 heteroatoms. The number of nitrogens with two attached hydrogens (primary N) is 1. The van der Waals surface area contributed by atoms with Gasteiger partial charge in [0.1, 0.15) is 6.23 Å². The van der Waals surface area contributed by atoms with E-state index < -0.39 is 0 Å². The van der Waals surface area contributed by atoms with Gasteiger partial charge in [0.05, 0.1) is 13.0 Å². The minimum atomic E-state index is -0.325. The van der Waals surface area contributed by atoms with Gasteiger partial charge in [-0.2, -0.15) is 0 Å². The Hall–Kier alpha value is -0.950. The van der Waals surface area contributed by atoms with Gasteiger partial charge in [-0.25, -0.2) is 5.43 Å². The number of hydrogen-bond acceptors (Lipinski definition) is 6. The number of esters is 1. The first kappa shape index (κ1) is 18.4. The molecule has 0 radical (unpaired) electrons. The molecule has 102 valence electrons. The zero-order valence-corrected chi connectivity index (χ0v) is 11.0. The Labute approximate surface area is 104 Å². The molecule has 0 bridgehead atoms. The van der Waals surface area contributed by atoms with Gasteiger partial charge in [0.15, 0.2) is 0 Å². The smallest absolute Gasteiger partial charge is 0.309 e. The minimum absolute atomic E-state index is 0.211. The van der Waals surface area contributed by atoms with E-state index in [0.29, 0.717) is 19.8 Å². The van der Waals surface area contributed by atoms with Crippen molar-refractivity contribution < 1.29 is 14.3 Å². The third kappa shape index (κ3) is 15.1. The van der Waals surface area contributed by atoms with E-state index in [2.05, 4.69) is 17.4 Å². The van der Waals surface area contributed by atoms with E-state index in [0.717, 1.165) is 0 Å². The third-order valence-electron chi connectivity index (χ3n) is 1.50. The molecule has 1 unspecified atom stereocenters. The summed E-state index contributed by atoms with van der Waals surface area (Å²) in [5.74, 6) is -0.260. The molecule has 0 rings (SSSR count). The molecule has 0 aliphatic carbocycles. The maximum absolute atomic E-state index is 11.0. The van der Waals surface area contributed by atoms with Crippen LogP contribution in [0.3, 0.4) is 0 Å². The second-order valence-corrected chi connectivity index (χ2v) is 2.87. The molecule has 6 nitrogen and oxygen atoms in total. The summed E-state index contributed by atoms with van der Waals surface area (Å²) in [6.45, 7) is 8.54. The Morgan fingerprint density at radius 1 is 1.47 bits per heavy atom. The molecule has 0 saturated heterocycles. The number of carbonyl (C=O) groups is 1. The van der Waals surface area contributed by atoms with Crippen molar-refractivity contribution in [1.82, 2.24) is 10.9 Å². The van der Waals surface area contributed by atoms with Gasteiger partial charge in [0.2, 0.25) is 0 Å². The number of ether oxygens (including phenoxy) is 2. The van der Waals surface area contributed by atoms with E-state index in [1.165, 1.54) is 0 Å². The van der Waals surface area contributed by atoms with Crippen LogP contribution in [0.15, 0.2) is 12.7 Å². The Balaban J connectivity index is 0. The highest BCUT2D eigenvalue weighted by atomic mass is 16.5. The lowest BCUT2D eigenvalue weighted by Gasteiger charge is -2.16. The average Bonchev–Trinajstić information content (AvgIpc) is 2.30. The Bertz CT molecular complexity index is 183. The number of hydrazine groups is 1. The first-order valence-corrected chi connectivity index (χ1v) is 5.66. The molecule has 0 spiro atoms. The van der Waals surface area contributed by atoms with Crippen LogP contribution >= 0.6 is 0 Å². The maximum Gasteiger partial charge on any atom is 0.309 e. The van der Waals surface area contributed by atoms with Crippen molar-refractivity contribution >= 4 is 5.97 Å². The van der Waals surface area contributed by atoms with Crippen LogP contribution in [0.2, 0.25) is 0 Å². The summed E-state index contributed by atoms with van der Waals surface area (Å²) in [6, 6.07) is 0. The van der Waals surface area contributed by atoms with Crippen LogP contribution in [-0.4, -0.2) is 39.0 Å². The van der Waals surface area contributed by atoms with Crippen molar-refractivity contribution in [2.75, 3.05) is 26.8 Å². The van der Waals surface area contributed by atoms with Crippen LogP contribution in [0, 0.1) is 0 Å². The Morgan fingerprint density at radius 3 is 2.41 bits per heavy atom. The minimum Gasteiger partial charge on any atom is -0.466 e. The SMILES string of the molecule is C=CCN.CCOC(=O)CC(NNC)OCC. The average molecular weight is 247 g/mol. The van der Waals surface area contributed by atoms with Crippen molar-refractivity contribution in [3.8, 4) is 0 Å². The predicted octanol–water partition coefficient (Wildman–Crippen LogP) is 0.157. The lowest BCUT2D eigenvalue weighted by atomic mass is 10.4. The van der Waals surface area contributed by atoms with E-state index in [4.69, 9.17) is 15.2 Å². The summed E-state index contributed by atoms with van der Waals surface area (Å²) in [5, 5.41) is 0. The second kappa shape index (κ2) is 15.0. The summed E-state index contributed by atoms with van der Waals surface area (Å²) < 4.78 is 10.0. The maximum atomic E-state index is 11.0. The summed E-state index contributed by atoms with van der Waals surface area (Å²) in [6.07, 6.45) is 1.54. The number of nitrogens with one attached hydrogen (secondary N) is 2. The summed E-state index contributed by atoms with van der Waals surface area (Å²) in [4.78, 5) is 11.0. The van der Waals surface area contributed by atoms with Gasteiger partial charge < -0.3 is 15.2 Å². The molecule has 4 N–H and O–H groups in total. The topological polar surface area (TPSA) is 85.6 Å². The molecule has 0 aromatic rings. The number of hydrogen-bond donors (Lipinski definition) is 3. The van der Waals surface area contributed by atoms with E-state index >= 15 is 0 Å². The van der Waals surface area contributed by atoms with Crippen LogP contribution in [0.1, 0.15) is 20.3 Å². The van der Waals surface area contributed by atoms with Crippen molar-refractivity contribution in [3.63, 3.8) is 0 Å². The van der Waals surface area contributed by atoms with Gasteiger partial charge in [-0.05, 0) is 20.9 Å². The van der Waals surface area contributed by atoms with Crippen LogP contribution in [0.5, 0.6) is 0 Å². The molecule has 0 aliphatic heterocycles. The van der Waals surface area contributed by atoms with Crippen LogP contribution in [0.25, 0.3) is 0 Å². The molecule has 1 atom stereocenters. The van der Waals surface area contributed by atoms with E-state index in [1.54, 1.807) is 20.0 Å². The van der Waals surface area contributed by atoms with Gasteiger partial charge in [-0.15, -0.1) is 6.58 Å². The largest absolute Gasteiger partial charge is 0.466 e. The van der Waals surface area contributed by atoms with Crippen LogP contribution in [-0.2, 0) is 14.3 Å². The van der Waals surface area contributed by atoms with Gasteiger partial charge in [-0.1, -0.05) is 6.08 Å². The number of rotatable bonds is 8. The van der Waals surface area contributed by atoms with Crippen molar-refractivity contribution in [1.29, 1.82) is 0 Å². The van der Waals surface area contributed by atoms with Gasteiger partial charge >= 0.3 is 5.97 Å². The normalized spacial score (nSPS) is 11.1. The molecule has 0 saturated carbocycles. The lowest BCUT2D eigenvalue weighted by Crippen LogP contribution is -2.41. The highest BCUT2D eigenvalue weighted by Gasteiger charge is 2.12. The molecule has 17 heavy (non-hydrogen) atoms. The van der Waals surface area contributed by atoms with Crippen LogP contribution < -0.4 is 16.6 Å². The molecule has 0 amide bonds. The Morgan fingerprint density at radius 2 is 2.06 bits per heavy atom. The molecule has 0 aromatic heterocycles. The molecule has 0 heterocycles. The van der Waals surface area contributed by atoms with E-state index in [1.807, 2.05) is 6.92 Å². The molecular formula is C11H25N3O3. The van der Waals surface area contributed by atoms with E-state index in [-0.39, 0.29) is 18.6 Å². The first-order valence-electron chi connectivity index (χ1n) is 5.66. The fourth-order valence-corrected chi connectivity index (χ4v) is 0.885. The molecular weight excluding hydrogens is 222 g/mol.